The first-order valence-corrected chi connectivity index (χ1v) is 5.24. The van der Waals surface area contributed by atoms with E-state index in [2.05, 4.69) is 20.9 Å². The molecule has 13 heavy (non-hydrogen) atoms. The molecule has 1 saturated carbocycles. The van der Waals surface area contributed by atoms with Gasteiger partial charge < -0.3 is 0 Å². The maximum atomic E-state index is 11.7. The molecule has 3 aliphatic carbocycles. The highest BCUT2D eigenvalue weighted by molar-refractivity contribution is 9.10. The summed E-state index contributed by atoms with van der Waals surface area (Å²) >= 11 is 3.46. The fourth-order valence-corrected chi connectivity index (χ4v) is 3.00. The van der Waals surface area contributed by atoms with Crippen LogP contribution >= 0.6 is 15.9 Å². The van der Waals surface area contributed by atoms with Crippen molar-refractivity contribution in [2.24, 2.45) is 5.92 Å². The van der Waals surface area contributed by atoms with Crippen molar-refractivity contribution in [1.29, 1.82) is 0 Å². The van der Waals surface area contributed by atoms with Crippen LogP contribution in [0, 0.1) is 5.92 Å². The van der Waals surface area contributed by atoms with Crippen molar-refractivity contribution < 1.29 is 4.79 Å². The second kappa shape index (κ2) is 2.41. The Bertz CT molecular complexity index is 396. The molecule has 1 fully saturated rings. The normalized spacial score (nSPS) is 29.5. The smallest absolute Gasteiger partial charge is 0.167 e. The Hall–Kier alpha value is -0.700. The van der Waals surface area contributed by atoms with Crippen molar-refractivity contribution in [3.8, 4) is 0 Å². The Morgan fingerprint density at radius 3 is 2.77 bits per heavy atom. The second-order valence-corrected chi connectivity index (χ2v) is 4.67. The van der Waals surface area contributed by atoms with Crippen molar-refractivity contribution in [3.63, 3.8) is 0 Å². The standard InChI is InChI=1S/C10H8BrNO/c11-8-4-12-3-7-9(8)5-1-6(2-5)10(7)13/h3-6H,1-2H2. The molecule has 4 rings (SSSR count). The van der Waals surface area contributed by atoms with E-state index >= 15 is 0 Å². The van der Waals surface area contributed by atoms with Gasteiger partial charge >= 0.3 is 0 Å². The summed E-state index contributed by atoms with van der Waals surface area (Å²) < 4.78 is 1.00. The fraction of sp³-hybridized carbons (Fsp3) is 0.400. The van der Waals surface area contributed by atoms with Crippen LogP contribution in [0.15, 0.2) is 16.9 Å². The number of carbonyl (C=O) groups excluding carboxylic acids is 1. The Balaban J connectivity index is 2.28. The first-order chi connectivity index (χ1) is 6.27. The molecule has 0 radical (unpaired) electrons. The van der Waals surface area contributed by atoms with E-state index in [9.17, 15) is 4.79 Å². The van der Waals surface area contributed by atoms with Crippen LogP contribution in [-0.4, -0.2) is 10.8 Å². The predicted octanol–water partition coefficient (Wildman–Crippen LogP) is 2.53. The summed E-state index contributed by atoms with van der Waals surface area (Å²) in [7, 11) is 0. The molecular formula is C10H8BrNO. The zero-order valence-corrected chi connectivity index (χ0v) is 8.54. The number of carbonyl (C=O) groups is 1. The van der Waals surface area contributed by atoms with E-state index in [0.29, 0.717) is 17.6 Å². The van der Waals surface area contributed by atoms with Crippen LogP contribution in [0.25, 0.3) is 0 Å². The van der Waals surface area contributed by atoms with Gasteiger partial charge in [-0.1, -0.05) is 0 Å². The molecule has 0 saturated heterocycles. The molecule has 2 bridgehead atoms. The number of ketones is 1. The molecular weight excluding hydrogens is 230 g/mol. The predicted molar refractivity (Wildman–Crippen MR) is 51.7 cm³/mol. The Morgan fingerprint density at radius 1 is 1.31 bits per heavy atom. The van der Waals surface area contributed by atoms with Gasteiger partial charge in [0.2, 0.25) is 0 Å². The molecule has 3 heteroatoms. The molecule has 0 unspecified atom stereocenters. The summed E-state index contributed by atoms with van der Waals surface area (Å²) in [6, 6.07) is 0. The van der Waals surface area contributed by atoms with Gasteiger partial charge in [-0.2, -0.15) is 0 Å². The van der Waals surface area contributed by atoms with E-state index in [-0.39, 0.29) is 0 Å². The van der Waals surface area contributed by atoms with Crippen molar-refractivity contribution in [1.82, 2.24) is 4.98 Å². The average molecular weight is 238 g/mol. The lowest BCUT2D eigenvalue weighted by atomic mass is 9.62. The van der Waals surface area contributed by atoms with Gasteiger partial charge in [0.1, 0.15) is 0 Å². The molecule has 0 amide bonds. The van der Waals surface area contributed by atoms with Crippen LogP contribution in [0.5, 0.6) is 0 Å². The topological polar surface area (TPSA) is 30.0 Å². The molecule has 1 aromatic heterocycles. The number of aromatic nitrogens is 1. The molecule has 0 spiro atoms. The van der Waals surface area contributed by atoms with Gasteiger partial charge in [-0.25, -0.2) is 0 Å². The lowest BCUT2D eigenvalue weighted by molar-refractivity contribution is 0.0791. The minimum Gasteiger partial charge on any atom is -0.294 e. The highest BCUT2D eigenvalue weighted by atomic mass is 79.9. The number of Topliss-reactive ketones (excluding diaryl/α,β-unsaturated/α-hetero) is 1. The summed E-state index contributed by atoms with van der Waals surface area (Å²) in [6.45, 7) is 0. The van der Waals surface area contributed by atoms with Crippen LogP contribution in [0.1, 0.15) is 34.7 Å². The number of halogens is 1. The van der Waals surface area contributed by atoms with Crippen molar-refractivity contribution in [2.75, 3.05) is 0 Å². The highest BCUT2D eigenvalue weighted by Crippen LogP contribution is 2.51. The Morgan fingerprint density at radius 2 is 2.08 bits per heavy atom. The lowest BCUT2D eigenvalue weighted by Crippen LogP contribution is -2.36. The van der Waals surface area contributed by atoms with Crippen molar-refractivity contribution in [3.05, 3.63) is 28.0 Å². The summed E-state index contributed by atoms with van der Waals surface area (Å²) in [5, 5.41) is 0. The van der Waals surface area contributed by atoms with Crippen molar-refractivity contribution in [2.45, 2.75) is 18.8 Å². The van der Waals surface area contributed by atoms with Gasteiger partial charge in [0.05, 0.1) is 0 Å². The number of hydrogen-bond acceptors (Lipinski definition) is 2. The Kier molecular flexibility index (Phi) is 1.42. The van der Waals surface area contributed by atoms with Gasteiger partial charge in [-0.15, -0.1) is 0 Å². The maximum Gasteiger partial charge on any atom is 0.167 e. The van der Waals surface area contributed by atoms with Gasteiger partial charge in [-0.05, 0) is 40.3 Å². The Labute approximate surface area is 84.5 Å². The van der Waals surface area contributed by atoms with Crippen LogP contribution in [0.4, 0.5) is 0 Å². The van der Waals surface area contributed by atoms with E-state index in [4.69, 9.17) is 0 Å². The third-order valence-electron chi connectivity index (χ3n) is 3.12. The summed E-state index contributed by atoms with van der Waals surface area (Å²) in [5.74, 6) is 1.20. The highest BCUT2D eigenvalue weighted by Gasteiger charge is 2.44. The fourth-order valence-electron chi connectivity index (χ4n) is 2.34. The van der Waals surface area contributed by atoms with Crippen LogP contribution < -0.4 is 0 Å². The average Bonchev–Trinajstić information content (AvgIpc) is 2.04. The molecule has 0 N–H and O–H groups in total. The third-order valence-corrected chi connectivity index (χ3v) is 3.75. The largest absolute Gasteiger partial charge is 0.294 e. The van der Waals surface area contributed by atoms with Gasteiger partial charge in [0.25, 0.3) is 0 Å². The minimum absolute atomic E-state index is 0.298. The molecule has 1 heterocycles. The molecule has 2 nitrogen and oxygen atoms in total. The first-order valence-electron chi connectivity index (χ1n) is 4.45. The van der Waals surface area contributed by atoms with Crippen molar-refractivity contribution >= 4 is 21.7 Å². The number of hydrogen-bond donors (Lipinski definition) is 0. The number of nitrogens with zero attached hydrogens (tertiary/aromatic N) is 1. The van der Waals surface area contributed by atoms with Crippen LogP contribution in [0.2, 0.25) is 0 Å². The quantitative estimate of drug-likeness (QED) is 0.695. The molecule has 1 aromatic rings. The van der Waals surface area contributed by atoms with E-state index in [0.717, 1.165) is 22.9 Å². The van der Waals surface area contributed by atoms with Gasteiger partial charge in [0, 0.05) is 28.3 Å². The van der Waals surface area contributed by atoms with E-state index in [1.165, 1.54) is 5.56 Å². The minimum atomic E-state index is 0.298. The number of rotatable bonds is 0. The summed E-state index contributed by atoms with van der Waals surface area (Å²) in [4.78, 5) is 15.8. The van der Waals surface area contributed by atoms with Crippen LogP contribution in [-0.2, 0) is 0 Å². The maximum absolute atomic E-state index is 11.7. The third kappa shape index (κ3) is 0.881. The zero-order valence-electron chi connectivity index (χ0n) is 6.96. The van der Waals surface area contributed by atoms with E-state index in [1.54, 1.807) is 12.4 Å². The van der Waals surface area contributed by atoms with Crippen LogP contribution in [0.3, 0.4) is 0 Å². The molecule has 0 atom stereocenters. The van der Waals surface area contributed by atoms with E-state index < -0.39 is 0 Å². The molecule has 0 aromatic carbocycles. The van der Waals surface area contributed by atoms with Gasteiger partial charge in [0.15, 0.2) is 5.78 Å². The molecule has 3 aliphatic rings. The zero-order chi connectivity index (χ0) is 9.00. The number of pyridine rings is 1. The lowest BCUT2D eigenvalue weighted by Gasteiger charge is -2.41. The monoisotopic (exact) mass is 237 g/mol. The molecule has 0 aliphatic heterocycles. The SMILES string of the molecule is O=C1c2cncc(Br)c2C2CC1C2. The molecule has 66 valence electrons. The second-order valence-electron chi connectivity index (χ2n) is 3.81. The summed E-state index contributed by atoms with van der Waals surface area (Å²) in [5.41, 5.74) is 2.05. The first kappa shape index (κ1) is 7.68. The van der Waals surface area contributed by atoms with Gasteiger partial charge in [-0.3, -0.25) is 9.78 Å². The summed E-state index contributed by atoms with van der Waals surface area (Å²) in [6.07, 6.45) is 5.59. The van der Waals surface area contributed by atoms with E-state index in [1.807, 2.05) is 0 Å².